The lowest BCUT2D eigenvalue weighted by molar-refractivity contribution is -0.141. The van der Waals surface area contributed by atoms with Crippen LogP contribution in [0.15, 0.2) is 36.4 Å². The number of nitrogens with two attached hydrogens (primary N) is 2. The molecule has 35 heavy (non-hydrogen) atoms. The van der Waals surface area contributed by atoms with E-state index >= 15 is 0 Å². The molecule has 0 spiro atoms. The van der Waals surface area contributed by atoms with Crippen LogP contribution < -0.4 is 21.5 Å². The van der Waals surface area contributed by atoms with E-state index in [-0.39, 0.29) is 42.1 Å². The fourth-order valence-electron chi connectivity index (χ4n) is 4.10. The smallest absolute Gasteiger partial charge is 0.252 e. The summed E-state index contributed by atoms with van der Waals surface area (Å²) in [5.41, 5.74) is 11.8. The van der Waals surface area contributed by atoms with Crippen LogP contribution >= 0.6 is 11.6 Å². The number of nitrogens with one attached hydrogen (secondary N) is 1. The molecule has 10 heteroatoms. The molecule has 0 aromatic heterocycles. The topological polar surface area (TPSA) is 128 Å². The first-order valence-electron chi connectivity index (χ1n) is 11.4. The van der Waals surface area contributed by atoms with E-state index in [2.05, 4.69) is 5.32 Å². The molecule has 5 N–H and O–H groups in total. The van der Waals surface area contributed by atoms with E-state index in [1.807, 2.05) is 6.92 Å². The molecule has 1 aliphatic heterocycles. The van der Waals surface area contributed by atoms with Crippen molar-refractivity contribution in [3.63, 3.8) is 0 Å². The molecule has 1 fully saturated rings. The number of likely N-dealkylation sites (tertiary alicyclic amines) is 1. The second-order valence-electron chi connectivity index (χ2n) is 8.62. The van der Waals surface area contributed by atoms with Gasteiger partial charge in [-0.15, -0.1) is 0 Å². The van der Waals surface area contributed by atoms with Gasteiger partial charge in [-0.05, 0) is 54.7 Å². The number of hydrogen-bond acceptors (Lipinski definition) is 5. The highest BCUT2D eigenvalue weighted by atomic mass is 35.5. The molecule has 0 aliphatic carbocycles. The van der Waals surface area contributed by atoms with Crippen molar-refractivity contribution in [2.45, 2.75) is 32.7 Å². The van der Waals surface area contributed by atoms with Crippen molar-refractivity contribution in [2.75, 3.05) is 26.2 Å². The molecule has 0 bridgehead atoms. The number of hydrogen-bond donors (Lipinski definition) is 3. The molecule has 2 aromatic rings. The zero-order valence-corrected chi connectivity index (χ0v) is 20.4. The molecule has 0 unspecified atom stereocenters. The molecule has 2 aromatic carbocycles. The van der Waals surface area contributed by atoms with E-state index in [1.165, 1.54) is 18.2 Å². The molecule has 3 amide bonds. The van der Waals surface area contributed by atoms with E-state index in [0.717, 1.165) is 12.0 Å². The average Bonchev–Trinajstić information content (AvgIpc) is 2.86. The van der Waals surface area contributed by atoms with Crippen LogP contribution in [0.3, 0.4) is 0 Å². The van der Waals surface area contributed by atoms with Crippen molar-refractivity contribution in [3.8, 4) is 5.75 Å². The predicted molar refractivity (Wildman–Crippen MR) is 130 cm³/mol. The first kappa shape index (κ1) is 26.4. The van der Waals surface area contributed by atoms with Gasteiger partial charge in [0.1, 0.15) is 18.2 Å². The zero-order valence-electron chi connectivity index (χ0n) is 19.6. The maximum Gasteiger partial charge on any atom is 0.252 e. The lowest BCUT2D eigenvalue weighted by Gasteiger charge is -2.40. The van der Waals surface area contributed by atoms with E-state index < -0.39 is 17.1 Å². The van der Waals surface area contributed by atoms with Gasteiger partial charge in [0.15, 0.2) is 0 Å². The summed E-state index contributed by atoms with van der Waals surface area (Å²) < 4.78 is 19.4. The van der Waals surface area contributed by atoms with Gasteiger partial charge >= 0.3 is 0 Å². The number of amides is 3. The van der Waals surface area contributed by atoms with Crippen LogP contribution in [0.5, 0.6) is 5.75 Å². The van der Waals surface area contributed by atoms with Crippen molar-refractivity contribution in [1.29, 1.82) is 0 Å². The fourth-order valence-corrected chi connectivity index (χ4v) is 4.34. The number of halogens is 2. The molecule has 188 valence electrons. The lowest BCUT2D eigenvalue weighted by Crippen LogP contribution is -2.53. The Labute approximate surface area is 208 Å². The summed E-state index contributed by atoms with van der Waals surface area (Å²) >= 11 is 6.10. The first-order chi connectivity index (χ1) is 16.7. The molecule has 0 radical (unpaired) electrons. The molecule has 1 heterocycles. The van der Waals surface area contributed by atoms with Crippen molar-refractivity contribution in [2.24, 2.45) is 16.9 Å². The number of rotatable bonds is 9. The van der Waals surface area contributed by atoms with Crippen molar-refractivity contribution in [1.82, 2.24) is 10.2 Å². The van der Waals surface area contributed by atoms with Crippen molar-refractivity contribution < 1.29 is 23.5 Å². The maximum atomic E-state index is 13.5. The van der Waals surface area contributed by atoms with Crippen LogP contribution in [0.25, 0.3) is 0 Å². The number of piperidine rings is 1. The van der Waals surface area contributed by atoms with Gasteiger partial charge in [-0.2, -0.15) is 0 Å². The number of nitrogens with zero attached hydrogens (tertiary/aromatic N) is 1. The lowest BCUT2D eigenvalue weighted by atomic mass is 9.78. The van der Waals surface area contributed by atoms with Crippen LogP contribution in [0.2, 0.25) is 5.02 Å². The van der Waals surface area contributed by atoms with Crippen molar-refractivity contribution in [3.05, 3.63) is 63.9 Å². The second kappa shape index (κ2) is 11.5. The van der Waals surface area contributed by atoms with Crippen LogP contribution in [0.1, 0.15) is 41.3 Å². The average molecular weight is 505 g/mol. The summed E-state index contributed by atoms with van der Waals surface area (Å²) in [6.07, 6.45) is 1.40. The molecular formula is C25H30ClFN4O4. The Morgan fingerprint density at radius 1 is 1.17 bits per heavy atom. The Bertz CT molecular complexity index is 1100. The van der Waals surface area contributed by atoms with Gasteiger partial charge in [0.2, 0.25) is 11.8 Å². The predicted octanol–water partition coefficient (Wildman–Crippen LogP) is 2.40. The molecule has 8 nitrogen and oxygen atoms in total. The highest BCUT2D eigenvalue weighted by Gasteiger charge is 2.43. The minimum atomic E-state index is -0.977. The third kappa shape index (κ3) is 6.29. The minimum absolute atomic E-state index is 0.0198. The van der Waals surface area contributed by atoms with Gasteiger partial charge < -0.3 is 26.4 Å². The molecule has 1 saturated heterocycles. The zero-order chi connectivity index (χ0) is 25.6. The number of carbonyl (C=O) groups is 3. The van der Waals surface area contributed by atoms with Gasteiger partial charge in [0.05, 0.1) is 17.5 Å². The summed E-state index contributed by atoms with van der Waals surface area (Å²) in [5.74, 6) is -1.26. The van der Waals surface area contributed by atoms with E-state index in [4.69, 9.17) is 27.8 Å². The van der Waals surface area contributed by atoms with Crippen LogP contribution in [0.4, 0.5) is 4.39 Å². The third-order valence-electron chi connectivity index (χ3n) is 6.41. The summed E-state index contributed by atoms with van der Waals surface area (Å²) in [7, 11) is 0. The van der Waals surface area contributed by atoms with Crippen LogP contribution in [-0.2, 0) is 22.6 Å². The molecule has 0 atom stereocenters. The van der Waals surface area contributed by atoms with Gasteiger partial charge in [-0.25, -0.2) is 4.39 Å². The molecular weight excluding hydrogens is 475 g/mol. The Morgan fingerprint density at radius 2 is 1.89 bits per heavy atom. The number of ether oxygens (including phenoxy) is 1. The SMILES string of the molecule is CCc1ccc(C(N)=O)c(OCC2(C(=O)NCc3ccc(F)cc3Cl)CCN(C(=O)CN)CC2)c1. The second-order valence-corrected chi connectivity index (χ2v) is 9.03. The number of benzene rings is 2. The summed E-state index contributed by atoms with van der Waals surface area (Å²) in [4.78, 5) is 39.1. The highest BCUT2D eigenvalue weighted by Crippen LogP contribution is 2.34. The van der Waals surface area contributed by atoms with E-state index in [9.17, 15) is 18.8 Å². The number of aryl methyl sites for hydroxylation is 1. The minimum Gasteiger partial charge on any atom is -0.492 e. The van der Waals surface area contributed by atoms with Gasteiger partial charge in [0.25, 0.3) is 5.91 Å². The monoisotopic (exact) mass is 504 g/mol. The Hall–Kier alpha value is -3.17. The van der Waals surface area contributed by atoms with E-state index in [0.29, 0.717) is 37.2 Å². The largest absolute Gasteiger partial charge is 0.492 e. The third-order valence-corrected chi connectivity index (χ3v) is 6.76. The normalized spacial score (nSPS) is 14.9. The molecule has 0 saturated carbocycles. The van der Waals surface area contributed by atoms with Crippen LogP contribution in [-0.4, -0.2) is 48.9 Å². The van der Waals surface area contributed by atoms with Gasteiger partial charge in [-0.3, -0.25) is 14.4 Å². The Kier molecular flexibility index (Phi) is 8.69. The quantitative estimate of drug-likeness (QED) is 0.483. The van der Waals surface area contributed by atoms with Crippen LogP contribution in [0, 0.1) is 11.2 Å². The van der Waals surface area contributed by atoms with Gasteiger partial charge in [0, 0.05) is 24.7 Å². The maximum absolute atomic E-state index is 13.5. The fraction of sp³-hybridized carbons (Fsp3) is 0.400. The van der Waals surface area contributed by atoms with Gasteiger partial charge in [-0.1, -0.05) is 30.7 Å². The first-order valence-corrected chi connectivity index (χ1v) is 11.8. The Morgan fingerprint density at radius 3 is 2.49 bits per heavy atom. The standard InChI is InChI=1S/C25H30ClFN4O4/c1-2-16-3-6-19(23(29)33)21(11-16)35-15-25(7-9-31(10-8-25)22(32)13-28)24(34)30-14-17-4-5-18(27)12-20(17)26/h3-6,11-12H,2,7-10,13-15,28H2,1H3,(H2,29,33)(H,30,34). The van der Waals surface area contributed by atoms with Crippen molar-refractivity contribution >= 4 is 29.3 Å². The Balaban J connectivity index is 1.82. The summed E-state index contributed by atoms with van der Waals surface area (Å²) in [6, 6.07) is 9.14. The van der Waals surface area contributed by atoms with E-state index in [1.54, 1.807) is 23.1 Å². The highest BCUT2D eigenvalue weighted by molar-refractivity contribution is 6.31. The summed E-state index contributed by atoms with van der Waals surface area (Å²) in [5, 5.41) is 3.09. The molecule has 1 aliphatic rings. The number of primary amides is 1. The summed E-state index contributed by atoms with van der Waals surface area (Å²) in [6.45, 7) is 2.62. The molecule has 3 rings (SSSR count). The number of carbonyl (C=O) groups excluding carboxylic acids is 3.